The molecule has 148 valence electrons. The van der Waals surface area contributed by atoms with Crippen molar-refractivity contribution in [3.05, 3.63) is 70.9 Å². The van der Waals surface area contributed by atoms with Gasteiger partial charge in [0.05, 0.1) is 12.1 Å². The summed E-state index contributed by atoms with van der Waals surface area (Å²) in [5, 5.41) is 19.8. The number of fused-ring (bicyclic) bond motifs is 3. The number of benzene rings is 2. The van der Waals surface area contributed by atoms with Crippen molar-refractivity contribution in [2.24, 2.45) is 0 Å². The maximum absolute atomic E-state index is 11.9. The van der Waals surface area contributed by atoms with Gasteiger partial charge in [0.2, 0.25) is 0 Å². The van der Waals surface area contributed by atoms with Gasteiger partial charge in [-0.05, 0) is 29.3 Å². The lowest BCUT2D eigenvalue weighted by molar-refractivity contribution is -0.142. The molecule has 0 fully saturated rings. The van der Waals surface area contributed by atoms with Crippen molar-refractivity contribution in [1.82, 2.24) is 9.88 Å². The number of thiocarbonyl (C=S) groups is 1. The highest BCUT2D eigenvalue weighted by molar-refractivity contribution is 8.22. The number of aromatic carboxylic acids is 1. The molecule has 0 saturated heterocycles. The van der Waals surface area contributed by atoms with Crippen molar-refractivity contribution in [2.45, 2.75) is 24.8 Å². The van der Waals surface area contributed by atoms with Gasteiger partial charge in [-0.15, -0.1) is 0 Å². The second-order valence-electron chi connectivity index (χ2n) is 6.87. The van der Waals surface area contributed by atoms with Gasteiger partial charge < -0.3 is 20.1 Å². The number of nitrogens with zero attached hydrogens (tertiary/aromatic N) is 1. The zero-order valence-electron chi connectivity index (χ0n) is 15.3. The molecular weight excluding hydrogens is 408 g/mol. The molecule has 6 nitrogen and oxygen atoms in total. The third-order valence-electron chi connectivity index (χ3n) is 5.09. The Hall–Kier alpha value is -2.84. The largest absolute Gasteiger partial charge is 0.480 e. The molecule has 1 unspecified atom stereocenters. The van der Waals surface area contributed by atoms with Gasteiger partial charge in [-0.3, -0.25) is 0 Å². The molecule has 1 aliphatic rings. The van der Waals surface area contributed by atoms with Crippen LogP contribution in [0.1, 0.15) is 27.2 Å². The third kappa shape index (κ3) is 3.86. The van der Waals surface area contributed by atoms with Crippen LogP contribution in [0.3, 0.4) is 0 Å². The number of carboxylic acids is 2. The van der Waals surface area contributed by atoms with E-state index in [9.17, 15) is 14.7 Å². The Morgan fingerprint density at radius 3 is 2.55 bits per heavy atom. The van der Waals surface area contributed by atoms with E-state index in [0.717, 1.165) is 27.7 Å². The van der Waals surface area contributed by atoms with Crippen molar-refractivity contribution in [3.63, 3.8) is 0 Å². The van der Waals surface area contributed by atoms with E-state index >= 15 is 0 Å². The van der Waals surface area contributed by atoms with Crippen LogP contribution in [-0.4, -0.2) is 42.4 Å². The fraction of sp³-hybridized carbons (Fsp3) is 0.190. The van der Waals surface area contributed by atoms with Gasteiger partial charge in [0.1, 0.15) is 10.4 Å². The normalized spacial score (nSPS) is 15.9. The number of carboxylic acid groups (broad SMARTS) is 2. The van der Waals surface area contributed by atoms with Crippen LogP contribution in [0.25, 0.3) is 10.9 Å². The Morgan fingerprint density at radius 2 is 1.86 bits per heavy atom. The summed E-state index contributed by atoms with van der Waals surface area (Å²) in [6.45, 7) is 0.421. The molecule has 0 spiro atoms. The Morgan fingerprint density at radius 1 is 1.14 bits per heavy atom. The molecule has 1 aliphatic heterocycles. The molecule has 2 heterocycles. The number of thioether (sulfide) groups is 1. The second-order valence-corrected chi connectivity index (χ2v) is 8.48. The zero-order valence-corrected chi connectivity index (χ0v) is 16.9. The molecule has 29 heavy (non-hydrogen) atoms. The quantitative estimate of drug-likeness (QED) is 0.545. The first-order valence-electron chi connectivity index (χ1n) is 9.01. The van der Waals surface area contributed by atoms with Gasteiger partial charge in [0.25, 0.3) is 0 Å². The molecule has 3 N–H and O–H groups in total. The first-order chi connectivity index (χ1) is 13.9. The number of carbonyl (C=O) groups is 2. The van der Waals surface area contributed by atoms with Crippen LogP contribution in [-0.2, 0) is 23.5 Å². The number of aromatic amines is 1. The van der Waals surface area contributed by atoms with Crippen LogP contribution in [0, 0.1) is 0 Å². The number of aliphatic carboxylic acids is 1. The fourth-order valence-electron chi connectivity index (χ4n) is 3.59. The average molecular weight is 427 g/mol. The third-order valence-corrected chi connectivity index (χ3v) is 6.63. The summed E-state index contributed by atoms with van der Waals surface area (Å²) in [4.78, 5) is 28.0. The van der Waals surface area contributed by atoms with E-state index < -0.39 is 18.0 Å². The molecule has 4 rings (SSSR count). The first kappa shape index (κ1) is 19.5. The zero-order chi connectivity index (χ0) is 20.5. The minimum absolute atomic E-state index is 0.231. The fourth-order valence-corrected chi connectivity index (χ4v) is 4.80. The van der Waals surface area contributed by atoms with E-state index in [1.165, 1.54) is 11.8 Å². The number of rotatable bonds is 4. The Labute approximate surface area is 176 Å². The summed E-state index contributed by atoms with van der Waals surface area (Å²) in [6.07, 6.45) is 0.392. The van der Waals surface area contributed by atoms with Crippen LogP contribution in [0.4, 0.5) is 0 Å². The summed E-state index contributed by atoms with van der Waals surface area (Å²) in [5.74, 6) is -1.32. The lowest BCUT2D eigenvalue weighted by Crippen LogP contribution is -2.47. The minimum Gasteiger partial charge on any atom is -0.480 e. The van der Waals surface area contributed by atoms with E-state index in [1.807, 2.05) is 24.3 Å². The smallest absolute Gasteiger partial charge is 0.335 e. The van der Waals surface area contributed by atoms with Crippen molar-refractivity contribution in [3.8, 4) is 0 Å². The van der Waals surface area contributed by atoms with Crippen LogP contribution in [0.2, 0.25) is 0 Å². The van der Waals surface area contributed by atoms with Gasteiger partial charge in [0.15, 0.2) is 0 Å². The molecule has 0 amide bonds. The number of hydrogen-bond acceptors (Lipinski definition) is 4. The number of hydrogen-bond donors (Lipinski definition) is 3. The highest BCUT2D eigenvalue weighted by Crippen LogP contribution is 2.32. The van der Waals surface area contributed by atoms with E-state index in [2.05, 4.69) is 4.98 Å². The van der Waals surface area contributed by atoms with Gasteiger partial charge in [0, 0.05) is 28.8 Å². The molecule has 0 aliphatic carbocycles. The maximum atomic E-state index is 11.9. The van der Waals surface area contributed by atoms with E-state index in [1.54, 1.807) is 29.2 Å². The van der Waals surface area contributed by atoms with Crippen molar-refractivity contribution >= 4 is 51.1 Å². The molecule has 0 saturated carbocycles. The van der Waals surface area contributed by atoms with Crippen molar-refractivity contribution in [1.29, 1.82) is 0 Å². The van der Waals surface area contributed by atoms with Gasteiger partial charge >= 0.3 is 11.9 Å². The summed E-state index contributed by atoms with van der Waals surface area (Å²) in [6, 6.07) is 13.8. The average Bonchev–Trinajstić information content (AvgIpc) is 3.09. The van der Waals surface area contributed by atoms with Crippen LogP contribution < -0.4 is 0 Å². The topological polar surface area (TPSA) is 93.6 Å². The SMILES string of the molecule is O=C(O)c1ccc(CSC(=S)N2Cc3[nH]c4ccccc4c3CC2C(=O)O)cc1. The minimum atomic E-state index is -0.966. The lowest BCUT2D eigenvalue weighted by Gasteiger charge is -2.34. The Bertz CT molecular complexity index is 1110. The monoisotopic (exact) mass is 426 g/mol. The number of aromatic nitrogens is 1. The number of nitrogens with one attached hydrogen (secondary N) is 1. The van der Waals surface area contributed by atoms with Crippen molar-refractivity contribution < 1.29 is 19.8 Å². The van der Waals surface area contributed by atoms with Gasteiger partial charge in [-0.25, -0.2) is 9.59 Å². The van der Waals surface area contributed by atoms with Crippen molar-refractivity contribution in [2.75, 3.05) is 0 Å². The molecule has 8 heteroatoms. The highest BCUT2D eigenvalue weighted by atomic mass is 32.2. The molecule has 2 aromatic carbocycles. The summed E-state index contributed by atoms with van der Waals surface area (Å²) in [7, 11) is 0. The van der Waals surface area contributed by atoms with Crippen LogP contribution in [0.5, 0.6) is 0 Å². The van der Waals surface area contributed by atoms with E-state index in [-0.39, 0.29) is 5.56 Å². The Balaban J connectivity index is 1.52. The standard InChI is InChI=1S/C21H18N2O4S2/c24-19(25)13-7-5-12(6-8-13)11-29-21(28)23-10-17-15(9-18(23)20(26)27)14-3-1-2-4-16(14)22-17/h1-8,18,22H,9-11H2,(H,24,25)(H,26,27). The van der Waals surface area contributed by atoms with E-state index in [0.29, 0.717) is 23.0 Å². The molecule has 0 radical (unpaired) electrons. The summed E-state index contributed by atoms with van der Waals surface area (Å²) in [5.41, 5.74) is 4.20. The summed E-state index contributed by atoms with van der Waals surface area (Å²) >= 11 is 6.95. The Kier molecular flexibility index (Phi) is 5.29. The molecule has 1 aromatic heterocycles. The van der Waals surface area contributed by atoms with Crippen LogP contribution >= 0.6 is 24.0 Å². The second kappa shape index (κ2) is 7.88. The maximum Gasteiger partial charge on any atom is 0.335 e. The lowest BCUT2D eigenvalue weighted by atomic mass is 9.97. The molecule has 3 aromatic rings. The van der Waals surface area contributed by atoms with Crippen LogP contribution in [0.15, 0.2) is 48.5 Å². The predicted molar refractivity (Wildman–Crippen MR) is 116 cm³/mol. The number of para-hydroxylation sites is 1. The van der Waals surface area contributed by atoms with Gasteiger partial charge in [-0.1, -0.05) is 54.3 Å². The van der Waals surface area contributed by atoms with Gasteiger partial charge in [-0.2, -0.15) is 0 Å². The highest BCUT2D eigenvalue weighted by Gasteiger charge is 2.34. The van der Waals surface area contributed by atoms with E-state index in [4.69, 9.17) is 17.3 Å². The summed E-state index contributed by atoms with van der Waals surface area (Å²) < 4.78 is 0.518. The number of H-pyrrole nitrogens is 1. The first-order valence-corrected chi connectivity index (χ1v) is 10.4. The molecule has 1 atom stereocenters. The molecular formula is C21H18N2O4S2. The molecule has 0 bridgehead atoms. The predicted octanol–water partition coefficient (Wildman–Crippen LogP) is 3.90.